The van der Waals surface area contributed by atoms with Crippen LogP contribution in [-0.4, -0.2) is 29.0 Å². The first kappa shape index (κ1) is 10.8. The van der Waals surface area contributed by atoms with E-state index in [0.29, 0.717) is 6.54 Å². The first-order valence-corrected chi connectivity index (χ1v) is 4.51. The fourth-order valence-corrected chi connectivity index (χ4v) is 1.13. The van der Waals surface area contributed by atoms with E-state index in [4.69, 9.17) is 4.74 Å². The third-order valence-corrected chi connectivity index (χ3v) is 1.66. The number of carbonyl (C=O) groups is 2. The highest BCUT2D eigenvalue weighted by atomic mass is 16.6. The standard InChI is InChI=1S/C10H15NO3/c1-7-5-8(12)11(6-7)9(13)14-10(2,3)4/h5H,6H2,1-4H3. The van der Waals surface area contributed by atoms with Crippen molar-refractivity contribution in [2.45, 2.75) is 33.3 Å². The predicted octanol–water partition coefficient (Wildman–Crippen LogP) is 1.71. The van der Waals surface area contributed by atoms with Crippen LogP contribution in [0.3, 0.4) is 0 Å². The average Bonchev–Trinajstić information content (AvgIpc) is 2.26. The van der Waals surface area contributed by atoms with Gasteiger partial charge in [0.2, 0.25) is 0 Å². The monoisotopic (exact) mass is 197 g/mol. The van der Waals surface area contributed by atoms with Crippen molar-refractivity contribution in [3.05, 3.63) is 11.6 Å². The number of rotatable bonds is 0. The van der Waals surface area contributed by atoms with Crippen LogP contribution < -0.4 is 0 Å². The summed E-state index contributed by atoms with van der Waals surface area (Å²) in [6, 6.07) is 0. The molecule has 78 valence electrons. The van der Waals surface area contributed by atoms with Crippen LogP contribution in [0.4, 0.5) is 4.79 Å². The maximum atomic E-state index is 11.5. The zero-order chi connectivity index (χ0) is 10.9. The van der Waals surface area contributed by atoms with Crippen LogP contribution in [0.5, 0.6) is 0 Å². The molecule has 0 aliphatic carbocycles. The van der Waals surface area contributed by atoms with E-state index in [1.807, 2.05) is 6.92 Å². The summed E-state index contributed by atoms with van der Waals surface area (Å²) in [5, 5.41) is 0. The van der Waals surface area contributed by atoms with Crippen LogP contribution in [0.25, 0.3) is 0 Å². The molecule has 1 heterocycles. The first-order chi connectivity index (χ1) is 6.29. The summed E-state index contributed by atoms with van der Waals surface area (Å²) in [5.41, 5.74) is 0.314. The Morgan fingerprint density at radius 2 is 2.07 bits per heavy atom. The van der Waals surface area contributed by atoms with Gasteiger partial charge in [-0.1, -0.05) is 0 Å². The average molecular weight is 197 g/mol. The summed E-state index contributed by atoms with van der Waals surface area (Å²) < 4.78 is 5.07. The van der Waals surface area contributed by atoms with E-state index in [2.05, 4.69) is 0 Å². The predicted molar refractivity (Wildman–Crippen MR) is 51.7 cm³/mol. The Hall–Kier alpha value is -1.32. The lowest BCUT2D eigenvalue weighted by Crippen LogP contribution is -2.38. The van der Waals surface area contributed by atoms with Gasteiger partial charge in [0.1, 0.15) is 5.60 Å². The van der Waals surface area contributed by atoms with E-state index in [1.165, 1.54) is 6.08 Å². The van der Waals surface area contributed by atoms with Gasteiger partial charge in [-0.25, -0.2) is 9.69 Å². The number of imide groups is 1. The normalized spacial score (nSPS) is 17.0. The molecule has 14 heavy (non-hydrogen) atoms. The molecular weight excluding hydrogens is 182 g/mol. The zero-order valence-electron chi connectivity index (χ0n) is 8.96. The molecule has 0 radical (unpaired) electrons. The van der Waals surface area contributed by atoms with Gasteiger partial charge in [-0.05, 0) is 33.3 Å². The van der Waals surface area contributed by atoms with E-state index in [9.17, 15) is 9.59 Å². The maximum Gasteiger partial charge on any atom is 0.417 e. The molecule has 4 heteroatoms. The lowest BCUT2D eigenvalue weighted by molar-refractivity contribution is -0.123. The fourth-order valence-electron chi connectivity index (χ4n) is 1.13. The number of hydrogen-bond acceptors (Lipinski definition) is 3. The molecule has 0 spiro atoms. The van der Waals surface area contributed by atoms with Crippen molar-refractivity contribution >= 4 is 12.0 Å². The summed E-state index contributed by atoms with van der Waals surface area (Å²) in [6.07, 6.45) is 0.875. The Kier molecular flexibility index (Phi) is 2.64. The third kappa shape index (κ3) is 2.58. The van der Waals surface area contributed by atoms with Gasteiger partial charge < -0.3 is 4.74 Å². The molecule has 1 aliphatic heterocycles. The lowest BCUT2D eigenvalue weighted by atomic mass is 10.2. The molecule has 1 rings (SSSR count). The van der Waals surface area contributed by atoms with Crippen LogP contribution in [-0.2, 0) is 9.53 Å². The second-order valence-electron chi connectivity index (χ2n) is 4.40. The van der Waals surface area contributed by atoms with Crippen LogP contribution in [0.15, 0.2) is 11.6 Å². The molecule has 0 unspecified atom stereocenters. The van der Waals surface area contributed by atoms with Gasteiger partial charge in [0.05, 0.1) is 6.54 Å². The van der Waals surface area contributed by atoms with E-state index in [1.54, 1.807) is 20.8 Å². The molecular formula is C10H15NO3. The number of hydrogen-bond donors (Lipinski definition) is 0. The van der Waals surface area contributed by atoms with Crippen LogP contribution >= 0.6 is 0 Å². The quantitative estimate of drug-likeness (QED) is 0.594. The minimum atomic E-state index is -0.574. The van der Waals surface area contributed by atoms with Crippen LogP contribution in [0.2, 0.25) is 0 Å². The fraction of sp³-hybridized carbons (Fsp3) is 0.600. The first-order valence-electron chi connectivity index (χ1n) is 4.51. The highest BCUT2D eigenvalue weighted by Crippen LogP contribution is 2.15. The topological polar surface area (TPSA) is 46.6 Å². The van der Waals surface area contributed by atoms with E-state index >= 15 is 0 Å². The van der Waals surface area contributed by atoms with E-state index < -0.39 is 11.7 Å². The molecule has 4 nitrogen and oxygen atoms in total. The number of amides is 2. The highest BCUT2D eigenvalue weighted by Gasteiger charge is 2.29. The Bertz CT molecular complexity index is 299. The van der Waals surface area contributed by atoms with Gasteiger partial charge in [0.15, 0.2) is 0 Å². The van der Waals surface area contributed by atoms with Crippen molar-refractivity contribution in [2.24, 2.45) is 0 Å². The van der Waals surface area contributed by atoms with Gasteiger partial charge in [-0.3, -0.25) is 4.79 Å². The van der Waals surface area contributed by atoms with Crippen molar-refractivity contribution < 1.29 is 14.3 Å². The highest BCUT2D eigenvalue weighted by molar-refractivity contribution is 6.01. The second-order valence-corrected chi connectivity index (χ2v) is 4.40. The molecule has 0 aromatic rings. The van der Waals surface area contributed by atoms with E-state index in [-0.39, 0.29) is 5.91 Å². The lowest BCUT2D eigenvalue weighted by Gasteiger charge is -2.23. The summed E-state index contributed by atoms with van der Waals surface area (Å²) in [6.45, 7) is 7.46. The Balaban J connectivity index is 2.61. The van der Waals surface area contributed by atoms with Crippen LogP contribution in [0, 0.1) is 0 Å². The molecule has 2 amide bonds. The van der Waals surface area contributed by atoms with Crippen molar-refractivity contribution in [3.8, 4) is 0 Å². The third-order valence-electron chi connectivity index (χ3n) is 1.66. The Labute approximate surface area is 83.5 Å². The zero-order valence-corrected chi connectivity index (χ0v) is 8.96. The minimum Gasteiger partial charge on any atom is -0.443 e. The summed E-state index contributed by atoms with van der Waals surface area (Å²) in [4.78, 5) is 23.8. The van der Waals surface area contributed by atoms with Gasteiger partial charge in [-0.15, -0.1) is 0 Å². The van der Waals surface area contributed by atoms with Crippen molar-refractivity contribution in [1.29, 1.82) is 0 Å². The molecule has 0 saturated heterocycles. The van der Waals surface area contributed by atoms with Gasteiger partial charge >= 0.3 is 6.09 Å². The minimum absolute atomic E-state index is 0.295. The van der Waals surface area contributed by atoms with Crippen LogP contribution in [0.1, 0.15) is 27.7 Å². The van der Waals surface area contributed by atoms with Gasteiger partial charge in [0, 0.05) is 6.08 Å². The molecule has 0 fully saturated rings. The second kappa shape index (κ2) is 3.44. The van der Waals surface area contributed by atoms with E-state index in [0.717, 1.165) is 10.5 Å². The molecule has 0 saturated carbocycles. The van der Waals surface area contributed by atoms with Crippen molar-refractivity contribution in [3.63, 3.8) is 0 Å². The number of carbonyl (C=O) groups excluding carboxylic acids is 2. The Morgan fingerprint density at radius 3 is 2.43 bits per heavy atom. The maximum absolute atomic E-state index is 11.5. The Morgan fingerprint density at radius 1 is 1.50 bits per heavy atom. The molecule has 1 aliphatic rings. The molecule has 0 bridgehead atoms. The summed E-state index contributed by atoms with van der Waals surface area (Å²) >= 11 is 0. The van der Waals surface area contributed by atoms with Gasteiger partial charge in [0.25, 0.3) is 5.91 Å². The smallest absolute Gasteiger partial charge is 0.417 e. The SMILES string of the molecule is CC1=CC(=O)N(C(=O)OC(C)(C)C)C1. The summed E-state index contributed by atoms with van der Waals surface area (Å²) in [5.74, 6) is -0.295. The number of nitrogens with zero attached hydrogens (tertiary/aromatic N) is 1. The van der Waals surface area contributed by atoms with Crippen molar-refractivity contribution in [1.82, 2.24) is 4.90 Å². The summed E-state index contributed by atoms with van der Waals surface area (Å²) in [7, 11) is 0. The molecule has 0 aromatic carbocycles. The van der Waals surface area contributed by atoms with Crippen molar-refractivity contribution in [2.75, 3.05) is 6.54 Å². The largest absolute Gasteiger partial charge is 0.443 e. The molecule has 0 N–H and O–H groups in total. The van der Waals surface area contributed by atoms with Gasteiger partial charge in [-0.2, -0.15) is 0 Å². The molecule has 0 atom stereocenters. The number of ether oxygens (including phenoxy) is 1. The molecule has 0 aromatic heterocycles.